The van der Waals surface area contributed by atoms with Crippen LogP contribution in [0.4, 0.5) is 0 Å². The third-order valence-electron chi connectivity index (χ3n) is 4.48. The van der Waals surface area contributed by atoms with Gasteiger partial charge >= 0.3 is 0 Å². The van der Waals surface area contributed by atoms with Gasteiger partial charge in [-0.1, -0.05) is 57.9 Å². The number of ether oxygens (including phenoxy) is 1. The molecule has 0 aromatic heterocycles. The summed E-state index contributed by atoms with van der Waals surface area (Å²) in [5, 5.41) is 0. The van der Waals surface area contributed by atoms with Crippen molar-refractivity contribution in [2.75, 3.05) is 7.11 Å². The summed E-state index contributed by atoms with van der Waals surface area (Å²) in [7, 11) is 1.75. The van der Waals surface area contributed by atoms with Crippen LogP contribution in [0.3, 0.4) is 0 Å². The summed E-state index contributed by atoms with van der Waals surface area (Å²) in [5.41, 5.74) is 5.59. The average molecular weight is 345 g/mol. The Kier molecular flexibility index (Phi) is 4.34. The number of methoxy groups -OCH3 is 1. The van der Waals surface area contributed by atoms with E-state index in [1.807, 2.05) is 0 Å². The Morgan fingerprint density at radius 3 is 2.67 bits per heavy atom. The summed E-state index contributed by atoms with van der Waals surface area (Å²) in [6.45, 7) is 2.14. The fourth-order valence-corrected chi connectivity index (χ4v) is 4.11. The molecule has 0 saturated heterocycles. The summed E-state index contributed by atoms with van der Waals surface area (Å²) >= 11 is 3.95. The number of halogens is 1. The van der Waals surface area contributed by atoms with Crippen LogP contribution in [-0.4, -0.2) is 7.11 Å². The van der Waals surface area contributed by atoms with Gasteiger partial charge in [-0.25, -0.2) is 0 Å². The SMILES string of the molecule is COc1ccc(C)cc1C(Br)C1CCc2ccccc2C1. The van der Waals surface area contributed by atoms with Crippen molar-refractivity contribution < 1.29 is 4.74 Å². The van der Waals surface area contributed by atoms with Crippen molar-refractivity contribution in [2.45, 2.75) is 31.0 Å². The maximum atomic E-state index is 5.55. The van der Waals surface area contributed by atoms with Gasteiger partial charge in [-0.2, -0.15) is 0 Å². The van der Waals surface area contributed by atoms with E-state index in [0.717, 1.165) is 12.2 Å². The van der Waals surface area contributed by atoms with E-state index in [1.54, 1.807) is 7.11 Å². The largest absolute Gasteiger partial charge is 0.496 e. The number of benzene rings is 2. The van der Waals surface area contributed by atoms with Gasteiger partial charge in [0.2, 0.25) is 0 Å². The lowest BCUT2D eigenvalue weighted by molar-refractivity contribution is 0.396. The summed E-state index contributed by atoms with van der Waals surface area (Å²) in [4.78, 5) is 0.348. The van der Waals surface area contributed by atoms with Gasteiger partial charge in [0.1, 0.15) is 5.75 Å². The highest BCUT2D eigenvalue weighted by Gasteiger charge is 2.27. The molecule has 0 radical (unpaired) electrons. The molecule has 0 heterocycles. The van der Waals surface area contributed by atoms with Gasteiger partial charge < -0.3 is 4.74 Å². The minimum atomic E-state index is 0.348. The molecule has 0 bridgehead atoms. The topological polar surface area (TPSA) is 9.23 Å². The molecule has 1 nitrogen and oxygen atoms in total. The molecule has 2 unspecified atom stereocenters. The second-order valence-electron chi connectivity index (χ2n) is 5.92. The van der Waals surface area contributed by atoms with Crippen molar-refractivity contribution in [3.05, 3.63) is 64.7 Å². The highest BCUT2D eigenvalue weighted by atomic mass is 79.9. The predicted octanol–water partition coefficient (Wildman–Crippen LogP) is 5.24. The first-order chi connectivity index (χ1) is 10.2. The first-order valence-corrected chi connectivity index (χ1v) is 8.46. The standard InChI is InChI=1S/C19H21BrO/c1-13-7-10-18(21-2)17(11-13)19(20)16-9-8-14-5-3-4-6-15(14)12-16/h3-7,10-11,16,19H,8-9,12H2,1-2H3. The maximum absolute atomic E-state index is 5.55. The van der Waals surface area contributed by atoms with E-state index in [1.165, 1.54) is 35.1 Å². The van der Waals surface area contributed by atoms with Crippen molar-refractivity contribution in [1.82, 2.24) is 0 Å². The molecule has 0 aliphatic heterocycles. The quantitative estimate of drug-likeness (QED) is 0.691. The maximum Gasteiger partial charge on any atom is 0.123 e. The number of hydrogen-bond donors (Lipinski definition) is 0. The number of alkyl halides is 1. The van der Waals surface area contributed by atoms with Crippen LogP contribution in [0.25, 0.3) is 0 Å². The molecule has 0 spiro atoms. The molecule has 21 heavy (non-hydrogen) atoms. The summed E-state index contributed by atoms with van der Waals surface area (Å²) in [5.74, 6) is 1.61. The van der Waals surface area contributed by atoms with Crippen molar-refractivity contribution in [2.24, 2.45) is 5.92 Å². The van der Waals surface area contributed by atoms with E-state index >= 15 is 0 Å². The van der Waals surface area contributed by atoms with Crippen LogP contribution in [0.5, 0.6) is 5.75 Å². The van der Waals surface area contributed by atoms with Gasteiger partial charge in [0.15, 0.2) is 0 Å². The predicted molar refractivity (Wildman–Crippen MR) is 91.4 cm³/mol. The molecule has 1 aliphatic carbocycles. The van der Waals surface area contributed by atoms with Crippen LogP contribution in [0.15, 0.2) is 42.5 Å². The zero-order valence-corrected chi connectivity index (χ0v) is 14.2. The molecule has 2 aromatic rings. The van der Waals surface area contributed by atoms with Crippen molar-refractivity contribution in [3.8, 4) is 5.75 Å². The Hall–Kier alpha value is -1.28. The molecule has 1 aliphatic rings. The molecule has 0 amide bonds. The van der Waals surface area contributed by atoms with E-state index in [2.05, 4.69) is 65.3 Å². The average Bonchev–Trinajstić information content (AvgIpc) is 2.53. The van der Waals surface area contributed by atoms with E-state index in [9.17, 15) is 0 Å². The van der Waals surface area contributed by atoms with Crippen LogP contribution in [0.2, 0.25) is 0 Å². The van der Waals surface area contributed by atoms with Crippen LogP contribution in [-0.2, 0) is 12.8 Å². The number of hydrogen-bond acceptors (Lipinski definition) is 1. The summed E-state index contributed by atoms with van der Waals surface area (Å²) in [6.07, 6.45) is 3.55. The van der Waals surface area contributed by atoms with Gasteiger partial charge in [-0.05, 0) is 49.3 Å². The van der Waals surface area contributed by atoms with E-state index < -0.39 is 0 Å². The third kappa shape index (κ3) is 3.01. The second-order valence-corrected chi connectivity index (χ2v) is 6.91. The molecule has 0 N–H and O–H groups in total. The van der Waals surface area contributed by atoms with Crippen molar-refractivity contribution in [3.63, 3.8) is 0 Å². The Labute approximate surface area is 135 Å². The van der Waals surface area contributed by atoms with Gasteiger partial charge in [0.05, 0.1) is 7.11 Å². The zero-order valence-electron chi connectivity index (χ0n) is 12.6. The highest BCUT2D eigenvalue weighted by molar-refractivity contribution is 9.09. The Morgan fingerprint density at radius 2 is 1.90 bits per heavy atom. The van der Waals surface area contributed by atoms with E-state index in [0.29, 0.717) is 10.7 Å². The molecule has 110 valence electrons. The number of fused-ring (bicyclic) bond motifs is 1. The van der Waals surface area contributed by atoms with E-state index in [-0.39, 0.29) is 0 Å². The van der Waals surface area contributed by atoms with Gasteiger partial charge in [0.25, 0.3) is 0 Å². The normalized spacial score (nSPS) is 18.9. The Bertz CT molecular complexity index is 635. The van der Waals surface area contributed by atoms with Crippen LogP contribution >= 0.6 is 15.9 Å². The fraction of sp³-hybridized carbons (Fsp3) is 0.368. The third-order valence-corrected chi connectivity index (χ3v) is 5.72. The van der Waals surface area contributed by atoms with Gasteiger partial charge in [-0.3, -0.25) is 0 Å². The van der Waals surface area contributed by atoms with Crippen LogP contribution in [0.1, 0.15) is 33.5 Å². The second kappa shape index (κ2) is 6.23. The van der Waals surface area contributed by atoms with E-state index in [4.69, 9.17) is 4.74 Å². The lowest BCUT2D eigenvalue weighted by Crippen LogP contribution is -2.18. The molecule has 0 fully saturated rings. The van der Waals surface area contributed by atoms with Crippen LogP contribution in [0, 0.1) is 12.8 Å². The lowest BCUT2D eigenvalue weighted by atomic mass is 9.80. The lowest BCUT2D eigenvalue weighted by Gasteiger charge is -2.29. The van der Waals surface area contributed by atoms with Crippen molar-refractivity contribution >= 4 is 15.9 Å². The Morgan fingerprint density at radius 1 is 1.14 bits per heavy atom. The molecular formula is C19H21BrO. The first kappa shape index (κ1) is 14.6. The minimum Gasteiger partial charge on any atom is -0.496 e. The molecule has 3 rings (SSSR count). The first-order valence-electron chi connectivity index (χ1n) is 7.54. The molecule has 0 saturated carbocycles. The number of aryl methyl sites for hydroxylation is 2. The smallest absolute Gasteiger partial charge is 0.123 e. The molecule has 2 aromatic carbocycles. The minimum absolute atomic E-state index is 0.348. The fourth-order valence-electron chi connectivity index (χ4n) is 3.30. The Balaban J connectivity index is 1.87. The van der Waals surface area contributed by atoms with Gasteiger partial charge in [0, 0.05) is 10.4 Å². The molecule has 2 heteroatoms. The van der Waals surface area contributed by atoms with Crippen LogP contribution < -0.4 is 4.74 Å². The molecular weight excluding hydrogens is 324 g/mol. The number of rotatable bonds is 3. The summed E-state index contributed by atoms with van der Waals surface area (Å²) in [6, 6.07) is 15.3. The monoisotopic (exact) mass is 344 g/mol. The zero-order chi connectivity index (χ0) is 14.8. The van der Waals surface area contributed by atoms with Crippen molar-refractivity contribution in [1.29, 1.82) is 0 Å². The summed E-state index contributed by atoms with van der Waals surface area (Å²) < 4.78 is 5.55. The molecule has 2 atom stereocenters. The highest BCUT2D eigenvalue weighted by Crippen LogP contribution is 2.42. The van der Waals surface area contributed by atoms with Gasteiger partial charge in [-0.15, -0.1) is 0 Å².